The van der Waals surface area contributed by atoms with Crippen LogP contribution in [0.4, 0.5) is 4.39 Å². The van der Waals surface area contributed by atoms with Gasteiger partial charge >= 0.3 is 0 Å². The summed E-state index contributed by atoms with van der Waals surface area (Å²) in [4.78, 5) is 3.80. The summed E-state index contributed by atoms with van der Waals surface area (Å²) < 4.78 is 14.2. The molecule has 2 heterocycles. The SMILES string of the molecule is CC(N)C(c1ccccc1F)N1CCc2sccc2C1C. The molecule has 0 bridgehead atoms. The summed E-state index contributed by atoms with van der Waals surface area (Å²) in [5.74, 6) is -0.164. The lowest BCUT2D eigenvalue weighted by atomic mass is 9.92. The summed E-state index contributed by atoms with van der Waals surface area (Å²) in [6.07, 6.45) is 1.02. The Bertz CT molecular complexity index is 623. The average Bonchev–Trinajstić information content (AvgIpc) is 2.92. The van der Waals surface area contributed by atoms with Crippen molar-refractivity contribution in [2.75, 3.05) is 6.54 Å². The molecule has 0 fully saturated rings. The van der Waals surface area contributed by atoms with Crippen LogP contribution in [0.3, 0.4) is 0 Å². The molecular weight excluding hydrogens is 283 g/mol. The highest BCUT2D eigenvalue weighted by Crippen LogP contribution is 2.39. The normalized spacial score (nSPS) is 21.8. The molecule has 0 saturated heterocycles. The Balaban J connectivity index is 1.98. The molecule has 112 valence electrons. The maximum atomic E-state index is 14.2. The van der Waals surface area contributed by atoms with E-state index in [0.29, 0.717) is 5.56 Å². The van der Waals surface area contributed by atoms with E-state index in [2.05, 4.69) is 23.3 Å². The lowest BCUT2D eigenvalue weighted by Gasteiger charge is -2.41. The van der Waals surface area contributed by atoms with Gasteiger partial charge in [-0.1, -0.05) is 18.2 Å². The highest BCUT2D eigenvalue weighted by Gasteiger charge is 2.34. The Morgan fingerprint density at radius 2 is 2.10 bits per heavy atom. The minimum absolute atomic E-state index is 0.0887. The predicted molar refractivity (Wildman–Crippen MR) is 85.9 cm³/mol. The zero-order valence-corrected chi connectivity index (χ0v) is 13.2. The smallest absolute Gasteiger partial charge is 0.128 e. The van der Waals surface area contributed by atoms with Gasteiger partial charge in [0.25, 0.3) is 0 Å². The van der Waals surface area contributed by atoms with Gasteiger partial charge in [-0.3, -0.25) is 4.90 Å². The molecule has 0 radical (unpaired) electrons. The Labute approximate surface area is 129 Å². The van der Waals surface area contributed by atoms with E-state index in [4.69, 9.17) is 5.73 Å². The van der Waals surface area contributed by atoms with Crippen LogP contribution in [0.1, 0.15) is 41.9 Å². The van der Waals surface area contributed by atoms with Crippen molar-refractivity contribution in [3.63, 3.8) is 0 Å². The second kappa shape index (κ2) is 5.87. The number of halogens is 1. The summed E-state index contributed by atoms with van der Waals surface area (Å²) in [6.45, 7) is 5.09. The maximum absolute atomic E-state index is 14.2. The van der Waals surface area contributed by atoms with Crippen LogP contribution >= 0.6 is 11.3 Å². The average molecular weight is 304 g/mol. The second-order valence-corrected chi connectivity index (χ2v) is 6.79. The molecule has 4 heteroatoms. The topological polar surface area (TPSA) is 29.3 Å². The molecule has 21 heavy (non-hydrogen) atoms. The second-order valence-electron chi connectivity index (χ2n) is 5.79. The van der Waals surface area contributed by atoms with E-state index in [1.807, 2.05) is 30.4 Å². The number of fused-ring (bicyclic) bond motifs is 1. The van der Waals surface area contributed by atoms with Crippen LogP contribution in [0.5, 0.6) is 0 Å². The zero-order chi connectivity index (χ0) is 15.0. The van der Waals surface area contributed by atoms with Gasteiger partial charge in [0.2, 0.25) is 0 Å². The minimum atomic E-state index is -0.164. The first-order valence-corrected chi connectivity index (χ1v) is 8.29. The number of hydrogen-bond donors (Lipinski definition) is 1. The molecule has 0 saturated carbocycles. The van der Waals surface area contributed by atoms with Gasteiger partial charge < -0.3 is 5.73 Å². The Hall–Kier alpha value is -1.23. The standard InChI is InChI=1S/C17H21FN2S/c1-11(19)17(14-5-3-4-6-15(14)18)20-9-7-16-13(12(20)2)8-10-21-16/h3-6,8,10-12,17H,7,9,19H2,1-2H3. The first kappa shape index (κ1) is 14.7. The van der Waals surface area contributed by atoms with Gasteiger partial charge in [-0.25, -0.2) is 4.39 Å². The highest BCUT2D eigenvalue weighted by molar-refractivity contribution is 7.10. The van der Waals surface area contributed by atoms with E-state index >= 15 is 0 Å². The van der Waals surface area contributed by atoms with E-state index < -0.39 is 0 Å². The summed E-state index contributed by atoms with van der Waals surface area (Å²) in [7, 11) is 0. The summed E-state index contributed by atoms with van der Waals surface area (Å²) in [5.41, 5.74) is 8.30. The fourth-order valence-corrected chi connectivity index (χ4v) is 4.35. The predicted octanol–water partition coefficient (Wildman–Crippen LogP) is 3.89. The van der Waals surface area contributed by atoms with E-state index in [0.717, 1.165) is 13.0 Å². The van der Waals surface area contributed by atoms with Gasteiger partial charge in [0.15, 0.2) is 0 Å². The van der Waals surface area contributed by atoms with Crippen molar-refractivity contribution in [1.29, 1.82) is 0 Å². The summed E-state index contributed by atoms with van der Waals surface area (Å²) >= 11 is 1.82. The molecule has 1 aliphatic rings. The van der Waals surface area contributed by atoms with Crippen LogP contribution in [-0.4, -0.2) is 17.5 Å². The molecule has 1 aromatic carbocycles. The van der Waals surface area contributed by atoms with Gasteiger partial charge in [-0.2, -0.15) is 0 Å². The van der Waals surface area contributed by atoms with Crippen LogP contribution in [0.15, 0.2) is 35.7 Å². The lowest BCUT2D eigenvalue weighted by Crippen LogP contribution is -2.44. The van der Waals surface area contributed by atoms with Crippen molar-refractivity contribution in [3.05, 3.63) is 57.5 Å². The number of nitrogens with two attached hydrogens (primary N) is 1. The van der Waals surface area contributed by atoms with E-state index in [9.17, 15) is 4.39 Å². The van der Waals surface area contributed by atoms with Crippen molar-refractivity contribution >= 4 is 11.3 Å². The van der Waals surface area contributed by atoms with Crippen molar-refractivity contribution in [1.82, 2.24) is 4.90 Å². The third-order valence-electron chi connectivity index (χ3n) is 4.40. The Kier molecular flexibility index (Phi) is 4.11. The Morgan fingerprint density at radius 3 is 2.81 bits per heavy atom. The molecule has 1 aromatic heterocycles. The largest absolute Gasteiger partial charge is 0.326 e. The van der Waals surface area contributed by atoms with E-state index in [-0.39, 0.29) is 23.9 Å². The first-order chi connectivity index (χ1) is 10.1. The lowest BCUT2D eigenvalue weighted by molar-refractivity contribution is 0.116. The van der Waals surface area contributed by atoms with E-state index in [1.165, 1.54) is 16.5 Å². The third kappa shape index (κ3) is 2.63. The molecule has 2 N–H and O–H groups in total. The van der Waals surface area contributed by atoms with Gasteiger partial charge in [-0.15, -0.1) is 11.3 Å². The minimum Gasteiger partial charge on any atom is -0.326 e. The molecule has 2 nitrogen and oxygen atoms in total. The molecule has 3 unspecified atom stereocenters. The molecular formula is C17H21FN2S. The van der Waals surface area contributed by atoms with Crippen LogP contribution < -0.4 is 5.73 Å². The molecule has 2 aromatic rings. The first-order valence-electron chi connectivity index (χ1n) is 7.41. The van der Waals surface area contributed by atoms with Crippen LogP contribution in [0.25, 0.3) is 0 Å². The van der Waals surface area contributed by atoms with Gasteiger partial charge in [-0.05, 0) is 43.3 Å². The number of nitrogens with zero attached hydrogens (tertiary/aromatic N) is 1. The molecule has 3 rings (SSSR count). The molecule has 0 spiro atoms. The van der Waals surface area contributed by atoms with Crippen LogP contribution in [0.2, 0.25) is 0 Å². The maximum Gasteiger partial charge on any atom is 0.128 e. The summed E-state index contributed by atoms with van der Waals surface area (Å²) in [6, 6.07) is 9.26. The quantitative estimate of drug-likeness (QED) is 0.932. The van der Waals surface area contributed by atoms with Crippen molar-refractivity contribution < 1.29 is 4.39 Å². The van der Waals surface area contributed by atoms with Crippen molar-refractivity contribution in [3.8, 4) is 0 Å². The molecule has 3 atom stereocenters. The van der Waals surface area contributed by atoms with Crippen LogP contribution in [-0.2, 0) is 6.42 Å². The van der Waals surface area contributed by atoms with Gasteiger partial charge in [0.05, 0.1) is 6.04 Å². The number of thiophene rings is 1. The molecule has 0 aliphatic carbocycles. The molecule has 1 aliphatic heterocycles. The third-order valence-corrected chi connectivity index (χ3v) is 5.40. The fourth-order valence-electron chi connectivity index (χ4n) is 3.39. The monoisotopic (exact) mass is 304 g/mol. The molecule has 0 amide bonds. The highest BCUT2D eigenvalue weighted by atomic mass is 32.1. The van der Waals surface area contributed by atoms with Gasteiger partial charge in [0, 0.05) is 29.1 Å². The number of hydrogen-bond acceptors (Lipinski definition) is 3. The number of benzene rings is 1. The zero-order valence-electron chi connectivity index (χ0n) is 12.4. The summed E-state index contributed by atoms with van der Waals surface area (Å²) in [5, 5.41) is 2.15. The number of rotatable bonds is 3. The fraction of sp³-hybridized carbons (Fsp3) is 0.412. The van der Waals surface area contributed by atoms with Crippen molar-refractivity contribution in [2.45, 2.75) is 38.4 Å². The Morgan fingerprint density at radius 1 is 1.33 bits per heavy atom. The van der Waals surface area contributed by atoms with E-state index in [1.54, 1.807) is 6.07 Å². The van der Waals surface area contributed by atoms with Crippen molar-refractivity contribution in [2.24, 2.45) is 5.73 Å². The van der Waals surface area contributed by atoms with Gasteiger partial charge in [0.1, 0.15) is 5.82 Å². The van der Waals surface area contributed by atoms with Crippen LogP contribution in [0, 0.1) is 5.82 Å².